The lowest BCUT2D eigenvalue weighted by Gasteiger charge is -2.35. The molecule has 0 radical (unpaired) electrons. The molecule has 5 aromatic rings. The Hall–Kier alpha value is -5.29. The molecule has 0 saturated heterocycles. The van der Waals surface area contributed by atoms with Crippen LogP contribution >= 0.6 is 0 Å². The number of imidazole rings is 1. The summed E-state index contributed by atoms with van der Waals surface area (Å²) in [6.07, 6.45) is 5.45. The number of benzene rings is 2. The highest BCUT2D eigenvalue weighted by Gasteiger charge is 2.31. The van der Waals surface area contributed by atoms with Crippen molar-refractivity contribution in [2.24, 2.45) is 0 Å². The van der Waals surface area contributed by atoms with Crippen molar-refractivity contribution in [3.63, 3.8) is 0 Å². The molecular formula is C42H50N6O5. The fourth-order valence-corrected chi connectivity index (χ4v) is 6.64. The molecule has 2 aromatic carbocycles. The number of hydrogen-bond acceptors (Lipinski definition) is 9. The molecule has 0 aliphatic heterocycles. The molecule has 3 aromatic heterocycles. The molecule has 11 nitrogen and oxygen atoms in total. The molecular weight excluding hydrogens is 668 g/mol. The van der Waals surface area contributed by atoms with E-state index in [0.29, 0.717) is 37.5 Å². The summed E-state index contributed by atoms with van der Waals surface area (Å²) in [4.78, 5) is 45.4. The second-order valence-corrected chi connectivity index (χ2v) is 15.5. The minimum atomic E-state index is -0.677. The zero-order valence-electron chi connectivity index (χ0n) is 31.8. The minimum Gasteiger partial charge on any atom is -0.495 e. The van der Waals surface area contributed by atoms with Crippen LogP contribution in [0.2, 0.25) is 0 Å². The lowest BCUT2D eigenvalue weighted by Crippen LogP contribution is -2.36. The third-order valence-electron chi connectivity index (χ3n) is 8.96. The molecule has 0 fully saturated rings. The molecule has 1 amide bonds. The Kier molecular flexibility index (Phi) is 11.1. The van der Waals surface area contributed by atoms with Gasteiger partial charge in [-0.15, -0.1) is 0 Å². The van der Waals surface area contributed by atoms with Crippen LogP contribution in [-0.4, -0.2) is 59.8 Å². The van der Waals surface area contributed by atoms with Crippen molar-refractivity contribution < 1.29 is 23.8 Å². The fraction of sp³-hybridized carbons (Fsp3) is 0.405. The van der Waals surface area contributed by atoms with Gasteiger partial charge in [0, 0.05) is 19.3 Å². The number of aryl methyl sites for hydroxylation is 1. The molecule has 278 valence electrons. The Balaban J connectivity index is 1.31. The monoisotopic (exact) mass is 718 g/mol. The molecule has 0 bridgehead atoms. The van der Waals surface area contributed by atoms with Crippen LogP contribution in [-0.2, 0) is 42.1 Å². The van der Waals surface area contributed by atoms with E-state index < -0.39 is 23.4 Å². The van der Waals surface area contributed by atoms with Crippen LogP contribution in [0.15, 0.2) is 85.2 Å². The van der Waals surface area contributed by atoms with Gasteiger partial charge in [-0.3, -0.25) is 19.8 Å². The highest BCUT2D eigenvalue weighted by Crippen LogP contribution is 2.37. The first kappa shape index (κ1) is 37.5. The lowest BCUT2D eigenvalue weighted by molar-refractivity contribution is 0.0213. The van der Waals surface area contributed by atoms with E-state index in [1.807, 2.05) is 84.0 Å². The fourth-order valence-electron chi connectivity index (χ4n) is 6.64. The molecule has 1 aliphatic carbocycles. The van der Waals surface area contributed by atoms with E-state index in [0.717, 1.165) is 58.6 Å². The van der Waals surface area contributed by atoms with Crippen molar-refractivity contribution >= 4 is 23.2 Å². The number of aromatic nitrogens is 4. The zero-order valence-corrected chi connectivity index (χ0v) is 31.8. The number of carbonyl (C=O) groups is 2. The maximum Gasteiger partial charge on any atom is 0.420 e. The van der Waals surface area contributed by atoms with E-state index in [1.165, 1.54) is 0 Å². The Morgan fingerprint density at radius 1 is 0.830 bits per heavy atom. The number of pyridine rings is 2. The summed E-state index contributed by atoms with van der Waals surface area (Å²) in [5, 5.41) is 0. The number of carbonyl (C=O) groups excluding carboxylic acids is 2. The first-order valence-corrected chi connectivity index (χ1v) is 18.2. The Bertz CT molecular complexity index is 2030. The molecule has 1 atom stereocenters. The van der Waals surface area contributed by atoms with Gasteiger partial charge in [0.05, 0.1) is 54.9 Å². The highest BCUT2D eigenvalue weighted by molar-refractivity contribution is 5.87. The van der Waals surface area contributed by atoms with Crippen LogP contribution in [0, 0.1) is 0 Å². The summed E-state index contributed by atoms with van der Waals surface area (Å²) in [7, 11) is 1.66. The average molecular weight is 719 g/mol. The maximum atomic E-state index is 13.7. The van der Waals surface area contributed by atoms with Gasteiger partial charge < -0.3 is 14.2 Å². The predicted octanol–water partition coefficient (Wildman–Crippen LogP) is 8.64. The van der Waals surface area contributed by atoms with Crippen molar-refractivity contribution in [1.29, 1.82) is 0 Å². The third-order valence-corrected chi connectivity index (χ3v) is 8.96. The number of ether oxygens (including phenoxy) is 3. The second kappa shape index (κ2) is 15.8. The van der Waals surface area contributed by atoms with Gasteiger partial charge in [0.15, 0.2) is 0 Å². The second-order valence-electron chi connectivity index (χ2n) is 15.5. The average Bonchev–Trinajstić information content (AvgIpc) is 3.48. The Morgan fingerprint density at radius 2 is 1.53 bits per heavy atom. The van der Waals surface area contributed by atoms with Crippen molar-refractivity contribution in [2.45, 2.75) is 104 Å². The molecule has 0 N–H and O–H groups in total. The maximum absolute atomic E-state index is 13.7. The topological polar surface area (TPSA) is 112 Å². The standard InChI is InChI=1S/C42H50N6O5/c1-41(2,3)52-39(49)47(27-32-14-10-11-22-43-32)26-30-20-18-29(19-21-30)25-46(36-17-12-13-31-23-33(51-7)24-44-38(31)36)28-37-45-34-15-8-9-16-35(34)48(37)40(50)53-42(4,5)6/h8-11,14-16,18-24,36H,12-13,17,25-28H2,1-7H3. The number of rotatable bonds is 10. The summed E-state index contributed by atoms with van der Waals surface area (Å²) in [6, 6.07) is 23.7. The van der Waals surface area contributed by atoms with Crippen molar-refractivity contribution in [3.8, 4) is 5.75 Å². The molecule has 3 heterocycles. The van der Waals surface area contributed by atoms with E-state index in [4.69, 9.17) is 24.2 Å². The lowest BCUT2D eigenvalue weighted by atomic mass is 9.90. The smallest absolute Gasteiger partial charge is 0.420 e. The normalized spacial score (nSPS) is 14.5. The first-order chi connectivity index (χ1) is 25.3. The van der Waals surface area contributed by atoms with Crippen LogP contribution in [0.1, 0.15) is 94.3 Å². The molecule has 1 unspecified atom stereocenters. The number of fused-ring (bicyclic) bond motifs is 2. The molecule has 0 spiro atoms. The van der Waals surface area contributed by atoms with E-state index in [1.54, 1.807) is 29.0 Å². The summed E-state index contributed by atoms with van der Waals surface area (Å²) in [5.41, 5.74) is 5.11. The van der Waals surface area contributed by atoms with E-state index >= 15 is 0 Å². The van der Waals surface area contributed by atoms with Crippen LogP contribution < -0.4 is 4.74 Å². The van der Waals surface area contributed by atoms with Gasteiger partial charge >= 0.3 is 12.2 Å². The van der Waals surface area contributed by atoms with Gasteiger partial charge in [-0.05, 0) is 108 Å². The summed E-state index contributed by atoms with van der Waals surface area (Å²) >= 11 is 0. The summed E-state index contributed by atoms with van der Waals surface area (Å²) in [5.74, 6) is 1.34. The SMILES string of the molecule is COc1cnc2c(c1)CCCC2N(Cc1ccc(CN(Cc2ccccn2)C(=O)OC(C)(C)C)cc1)Cc1nc2ccccc2n1C(=O)OC(C)(C)C. The van der Waals surface area contributed by atoms with Crippen LogP contribution in [0.25, 0.3) is 11.0 Å². The van der Waals surface area contributed by atoms with Crippen molar-refractivity contribution in [1.82, 2.24) is 29.3 Å². The van der Waals surface area contributed by atoms with Crippen molar-refractivity contribution in [2.75, 3.05) is 7.11 Å². The number of nitrogens with zero attached hydrogens (tertiary/aromatic N) is 6. The predicted molar refractivity (Wildman–Crippen MR) is 203 cm³/mol. The summed E-state index contributed by atoms with van der Waals surface area (Å²) in [6.45, 7) is 12.8. The number of hydrogen-bond donors (Lipinski definition) is 0. The minimum absolute atomic E-state index is 0.0303. The number of para-hydroxylation sites is 2. The Labute approximate surface area is 311 Å². The molecule has 11 heteroatoms. The van der Waals surface area contributed by atoms with Gasteiger partial charge in [0.2, 0.25) is 0 Å². The zero-order chi connectivity index (χ0) is 37.8. The number of methoxy groups -OCH3 is 1. The number of amides is 1. The largest absolute Gasteiger partial charge is 0.495 e. The Morgan fingerprint density at radius 3 is 2.21 bits per heavy atom. The van der Waals surface area contributed by atoms with Gasteiger partial charge in [-0.1, -0.05) is 42.5 Å². The third kappa shape index (κ3) is 9.58. The van der Waals surface area contributed by atoms with Gasteiger partial charge in [0.1, 0.15) is 22.8 Å². The molecule has 6 rings (SSSR count). The van der Waals surface area contributed by atoms with Crippen LogP contribution in [0.4, 0.5) is 9.59 Å². The van der Waals surface area contributed by atoms with Gasteiger partial charge in [0.25, 0.3) is 0 Å². The molecule has 0 saturated carbocycles. The van der Waals surface area contributed by atoms with Crippen LogP contribution in [0.3, 0.4) is 0 Å². The summed E-state index contributed by atoms with van der Waals surface area (Å²) < 4.78 is 18.8. The first-order valence-electron chi connectivity index (χ1n) is 18.2. The van der Waals surface area contributed by atoms with E-state index in [-0.39, 0.29) is 6.04 Å². The van der Waals surface area contributed by atoms with Crippen LogP contribution in [0.5, 0.6) is 5.75 Å². The highest BCUT2D eigenvalue weighted by atomic mass is 16.6. The quantitative estimate of drug-likeness (QED) is 0.140. The van der Waals surface area contributed by atoms with Gasteiger partial charge in [-0.2, -0.15) is 0 Å². The molecule has 53 heavy (non-hydrogen) atoms. The van der Waals surface area contributed by atoms with Gasteiger partial charge in [-0.25, -0.2) is 19.1 Å². The van der Waals surface area contributed by atoms with Crippen molar-refractivity contribution in [3.05, 3.63) is 119 Å². The molecule has 1 aliphatic rings. The van der Waals surface area contributed by atoms with E-state index in [2.05, 4.69) is 40.2 Å². The van der Waals surface area contributed by atoms with E-state index in [9.17, 15) is 9.59 Å².